The van der Waals surface area contributed by atoms with Gasteiger partial charge in [-0.2, -0.15) is 0 Å². The Balaban J connectivity index is 1.60. The van der Waals surface area contributed by atoms with Crippen LogP contribution in [0.4, 0.5) is 0 Å². The number of rotatable bonds is 4. The number of hydrogen-bond donors (Lipinski definition) is 1. The van der Waals surface area contributed by atoms with Crippen LogP contribution in [0.3, 0.4) is 0 Å². The van der Waals surface area contributed by atoms with Gasteiger partial charge < -0.3 is 5.73 Å². The fourth-order valence-electron chi connectivity index (χ4n) is 5.58. The predicted octanol–water partition coefficient (Wildman–Crippen LogP) is 8.40. The Labute approximate surface area is 221 Å². The van der Waals surface area contributed by atoms with Crippen LogP contribution in [0, 0.1) is 0 Å². The zero-order chi connectivity index (χ0) is 25.5. The molecule has 38 heavy (non-hydrogen) atoms. The highest BCUT2D eigenvalue weighted by Gasteiger charge is 2.19. The largest absolute Gasteiger partial charge is 0.326 e. The summed E-state index contributed by atoms with van der Waals surface area (Å²) in [5, 5.41) is 6.98. The summed E-state index contributed by atoms with van der Waals surface area (Å²) in [5.41, 5.74) is 12.4. The second-order valence-corrected chi connectivity index (χ2v) is 9.50. The van der Waals surface area contributed by atoms with Crippen LogP contribution in [0.1, 0.15) is 5.56 Å². The highest BCUT2D eigenvalue weighted by Crippen LogP contribution is 2.39. The highest BCUT2D eigenvalue weighted by molar-refractivity contribution is 6.15. The molecule has 0 aliphatic carbocycles. The predicted molar refractivity (Wildman–Crippen MR) is 159 cm³/mol. The molecule has 0 saturated carbocycles. The Bertz CT molecular complexity index is 1950. The number of benzene rings is 6. The van der Waals surface area contributed by atoms with Crippen molar-refractivity contribution in [3.63, 3.8) is 0 Å². The average molecular weight is 488 g/mol. The van der Waals surface area contributed by atoms with E-state index in [9.17, 15) is 0 Å². The second kappa shape index (κ2) is 9.22. The lowest BCUT2D eigenvalue weighted by molar-refractivity contribution is 1.08. The highest BCUT2D eigenvalue weighted by atomic mass is 14.9. The van der Waals surface area contributed by atoms with Gasteiger partial charge in [-0.3, -0.25) is 0 Å². The zero-order valence-corrected chi connectivity index (χ0v) is 20.8. The Morgan fingerprint density at radius 3 is 1.84 bits per heavy atom. The van der Waals surface area contributed by atoms with Crippen LogP contribution in [-0.2, 0) is 6.54 Å². The molecule has 0 aliphatic heterocycles. The normalized spacial score (nSPS) is 11.4. The Morgan fingerprint density at radius 1 is 0.500 bits per heavy atom. The summed E-state index contributed by atoms with van der Waals surface area (Å²) in [6.07, 6.45) is 0. The minimum Gasteiger partial charge on any atom is -0.326 e. The van der Waals surface area contributed by atoms with E-state index in [2.05, 4.69) is 109 Å². The molecule has 0 amide bonds. The van der Waals surface area contributed by atoms with E-state index < -0.39 is 0 Å². The molecule has 0 bridgehead atoms. The molecule has 0 saturated heterocycles. The van der Waals surface area contributed by atoms with Gasteiger partial charge >= 0.3 is 0 Å². The van der Waals surface area contributed by atoms with E-state index in [0.29, 0.717) is 12.4 Å². The van der Waals surface area contributed by atoms with Crippen molar-refractivity contribution in [2.45, 2.75) is 6.54 Å². The van der Waals surface area contributed by atoms with Crippen LogP contribution in [0.2, 0.25) is 0 Å². The number of fused-ring (bicyclic) bond motifs is 4. The molecule has 0 atom stereocenters. The van der Waals surface area contributed by atoms with Gasteiger partial charge in [0.2, 0.25) is 0 Å². The van der Waals surface area contributed by atoms with Crippen LogP contribution < -0.4 is 5.73 Å². The molecule has 0 spiro atoms. The van der Waals surface area contributed by atoms with Crippen LogP contribution in [0.5, 0.6) is 0 Å². The molecule has 7 rings (SSSR count). The molecule has 7 aromatic rings. The monoisotopic (exact) mass is 487 g/mol. The molecule has 0 unspecified atom stereocenters. The molecule has 0 aliphatic rings. The Morgan fingerprint density at radius 2 is 1.08 bits per heavy atom. The molecule has 3 nitrogen and oxygen atoms in total. The van der Waals surface area contributed by atoms with Crippen molar-refractivity contribution in [1.29, 1.82) is 0 Å². The van der Waals surface area contributed by atoms with Crippen molar-refractivity contribution in [3.8, 4) is 33.9 Å². The van der Waals surface area contributed by atoms with Gasteiger partial charge in [-0.15, -0.1) is 0 Å². The summed E-state index contributed by atoms with van der Waals surface area (Å²) in [7, 11) is 0. The van der Waals surface area contributed by atoms with E-state index in [4.69, 9.17) is 15.7 Å². The maximum absolute atomic E-state index is 6.46. The summed E-state index contributed by atoms with van der Waals surface area (Å²) < 4.78 is 0. The molecule has 2 N–H and O–H groups in total. The molecule has 180 valence electrons. The fourth-order valence-corrected chi connectivity index (χ4v) is 5.58. The van der Waals surface area contributed by atoms with E-state index in [1.54, 1.807) is 0 Å². The topological polar surface area (TPSA) is 51.8 Å². The van der Waals surface area contributed by atoms with Crippen molar-refractivity contribution in [3.05, 3.63) is 133 Å². The third kappa shape index (κ3) is 3.64. The van der Waals surface area contributed by atoms with E-state index in [0.717, 1.165) is 44.4 Å². The van der Waals surface area contributed by atoms with Crippen LogP contribution in [0.15, 0.2) is 127 Å². The summed E-state index contributed by atoms with van der Waals surface area (Å²) >= 11 is 0. The van der Waals surface area contributed by atoms with Crippen LogP contribution in [-0.4, -0.2) is 9.97 Å². The van der Waals surface area contributed by atoms with Crippen LogP contribution >= 0.6 is 0 Å². The molecular formula is C35H25N3. The van der Waals surface area contributed by atoms with Gasteiger partial charge in [-0.05, 0) is 43.9 Å². The van der Waals surface area contributed by atoms with Crippen molar-refractivity contribution < 1.29 is 0 Å². The van der Waals surface area contributed by atoms with E-state index in [1.165, 1.54) is 21.5 Å². The molecule has 3 heteroatoms. The molecule has 0 radical (unpaired) electrons. The second-order valence-electron chi connectivity index (χ2n) is 9.50. The molecule has 1 heterocycles. The van der Waals surface area contributed by atoms with Crippen molar-refractivity contribution in [2.75, 3.05) is 0 Å². The summed E-state index contributed by atoms with van der Waals surface area (Å²) in [4.78, 5) is 10.4. The van der Waals surface area contributed by atoms with Gasteiger partial charge in [0, 0.05) is 23.2 Å². The molecule has 1 aromatic heterocycles. The smallest absolute Gasteiger partial charge is 0.161 e. The SMILES string of the molecule is NCc1c(-c2nc(-c3ccccc3)cc(-c3cccc4ccccc34)n2)c2ccccc2c2ccccc12. The average Bonchev–Trinajstić information content (AvgIpc) is 3.00. The maximum atomic E-state index is 6.46. The van der Waals surface area contributed by atoms with Gasteiger partial charge in [0.05, 0.1) is 11.4 Å². The standard InChI is InChI=1S/C35H25N3/c36-22-31-28-18-7-6-16-26(28)27-17-8-9-19-30(27)34(31)35-37-32(24-12-2-1-3-13-24)21-33(38-35)29-20-10-14-23-11-4-5-15-25(23)29/h1-21H,22,36H2. The lowest BCUT2D eigenvalue weighted by Gasteiger charge is -2.17. The molecular weight excluding hydrogens is 462 g/mol. The van der Waals surface area contributed by atoms with E-state index in [1.807, 2.05) is 18.2 Å². The number of nitrogens with zero attached hydrogens (tertiary/aromatic N) is 2. The first-order chi connectivity index (χ1) is 18.8. The first-order valence-corrected chi connectivity index (χ1v) is 12.9. The quantitative estimate of drug-likeness (QED) is 0.254. The third-order valence-electron chi connectivity index (χ3n) is 7.33. The van der Waals surface area contributed by atoms with Gasteiger partial charge in [0.1, 0.15) is 0 Å². The first-order valence-electron chi connectivity index (χ1n) is 12.9. The van der Waals surface area contributed by atoms with Crippen molar-refractivity contribution in [1.82, 2.24) is 9.97 Å². The molecule has 6 aromatic carbocycles. The lowest BCUT2D eigenvalue weighted by atomic mass is 9.91. The van der Waals surface area contributed by atoms with Crippen molar-refractivity contribution in [2.24, 2.45) is 5.73 Å². The lowest BCUT2D eigenvalue weighted by Crippen LogP contribution is -2.05. The van der Waals surface area contributed by atoms with Gasteiger partial charge in [0.15, 0.2) is 5.82 Å². The van der Waals surface area contributed by atoms with Gasteiger partial charge in [-0.25, -0.2) is 9.97 Å². The van der Waals surface area contributed by atoms with E-state index >= 15 is 0 Å². The number of nitrogens with two attached hydrogens (primary N) is 1. The molecule has 0 fully saturated rings. The summed E-state index contributed by atoms with van der Waals surface area (Å²) in [6.45, 7) is 0.392. The minimum atomic E-state index is 0.392. The van der Waals surface area contributed by atoms with Crippen LogP contribution in [0.25, 0.3) is 66.2 Å². The third-order valence-corrected chi connectivity index (χ3v) is 7.33. The Kier molecular flexibility index (Phi) is 5.42. The number of aromatic nitrogens is 2. The van der Waals surface area contributed by atoms with Gasteiger partial charge in [0.25, 0.3) is 0 Å². The van der Waals surface area contributed by atoms with E-state index in [-0.39, 0.29) is 0 Å². The maximum Gasteiger partial charge on any atom is 0.161 e. The van der Waals surface area contributed by atoms with Crippen molar-refractivity contribution >= 4 is 32.3 Å². The zero-order valence-electron chi connectivity index (χ0n) is 20.8. The Hall–Kier alpha value is -4.86. The first kappa shape index (κ1) is 22.3. The number of hydrogen-bond acceptors (Lipinski definition) is 3. The van der Waals surface area contributed by atoms with Gasteiger partial charge in [-0.1, -0.05) is 121 Å². The summed E-state index contributed by atoms with van der Waals surface area (Å²) in [6, 6.07) is 44.2. The minimum absolute atomic E-state index is 0.392. The summed E-state index contributed by atoms with van der Waals surface area (Å²) in [5.74, 6) is 0.691. The fraction of sp³-hybridized carbons (Fsp3) is 0.0286.